The lowest BCUT2D eigenvalue weighted by Crippen LogP contribution is -1.97. The van der Waals surface area contributed by atoms with Gasteiger partial charge in [0.2, 0.25) is 0 Å². The van der Waals surface area contributed by atoms with Gasteiger partial charge in [0, 0.05) is 6.07 Å². The zero-order valence-corrected chi connectivity index (χ0v) is 10.1. The minimum absolute atomic E-state index is 0.0890. The molecule has 0 bridgehead atoms. The van der Waals surface area contributed by atoms with Crippen LogP contribution in [-0.2, 0) is 0 Å². The number of methoxy groups -OCH3 is 1. The van der Waals surface area contributed by atoms with Crippen LogP contribution in [-0.4, -0.2) is 7.11 Å². The van der Waals surface area contributed by atoms with Crippen molar-refractivity contribution in [2.75, 3.05) is 12.4 Å². The zero-order valence-electron chi connectivity index (χ0n) is 10.1. The van der Waals surface area contributed by atoms with Gasteiger partial charge in [-0.15, -0.1) is 0 Å². The van der Waals surface area contributed by atoms with Gasteiger partial charge in [-0.1, -0.05) is 0 Å². The van der Waals surface area contributed by atoms with E-state index in [4.69, 9.17) is 10.00 Å². The summed E-state index contributed by atoms with van der Waals surface area (Å²) in [5.74, 6) is -0.691. The van der Waals surface area contributed by atoms with Crippen molar-refractivity contribution >= 4 is 11.4 Å². The monoisotopic (exact) mass is 260 g/mol. The number of hydrogen-bond donors (Lipinski definition) is 1. The van der Waals surface area contributed by atoms with Gasteiger partial charge in [-0.3, -0.25) is 0 Å². The molecule has 0 spiro atoms. The fourth-order valence-corrected chi connectivity index (χ4v) is 1.56. The highest BCUT2D eigenvalue weighted by molar-refractivity contribution is 5.63. The molecule has 0 fully saturated rings. The lowest BCUT2D eigenvalue weighted by molar-refractivity contribution is 0.414. The Morgan fingerprint density at radius 3 is 2.47 bits per heavy atom. The van der Waals surface area contributed by atoms with Crippen LogP contribution in [0.4, 0.5) is 20.2 Å². The predicted octanol–water partition coefficient (Wildman–Crippen LogP) is 3.59. The molecule has 5 heteroatoms. The van der Waals surface area contributed by atoms with Crippen LogP contribution < -0.4 is 10.1 Å². The lowest BCUT2D eigenvalue weighted by Gasteiger charge is -2.10. The quantitative estimate of drug-likeness (QED) is 0.917. The van der Waals surface area contributed by atoms with Crippen LogP contribution in [0.3, 0.4) is 0 Å². The minimum atomic E-state index is -0.624. The average molecular weight is 260 g/mol. The van der Waals surface area contributed by atoms with Crippen molar-refractivity contribution in [2.45, 2.75) is 0 Å². The van der Waals surface area contributed by atoms with Crippen LogP contribution in [0.5, 0.6) is 5.75 Å². The second kappa shape index (κ2) is 5.36. The molecule has 0 saturated heterocycles. The number of halogens is 2. The van der Waals surface area contributed by atoms with Crippen LogP contribution in [0, 0.1) is 23.0 Å². The summed E-state index contributed by atoms with van der Waals surface area (Å²) in [6.07, 6.45) is 0. The van der Waals surface area contributed by atoms with E-state index >= 15 is 0 Å². The highest BCUT2D eigenvalue weighted by Gasteiger charge is 2.08. The first-order chi connectivity index (χ1) is 9.13. The molecule has 2 rings (SSSR count). The molecule has 0 atom stereocenters. The van der Waals surface area contributed by atoms with E-state index in [-0.39, 0.29) is 16.9 Å². The van der Waals surface area contributed by atoms with Crippen LogP contribution >= 0.6 is 0 Å². The second-order valence-corrected chi connectivity index (χ2v) is 3.78. The van der Waals surface area contributed by atoms with Crippen molar-refractivity contribution in [3.8, 4) is 11.8 Å². The minimum Gasteiger partial charge on any atom is -0.497 e. The van der Waals surface area contributed by atoms with Gasteiger partial charge in [0.25, 0.3) is 0 Å². The molecule has 3 nitrogen and oxygen atoms in total. The van der Waals surface area contributed by atoms with E-state index in [2.05, 4.69) is 5.32 Å². The summed E-state index contributed by atoms with van der Waals surface area (Å²) in [5.41, 5.74) is 0.392. The number of anilines is 2. The standard InChI is InChI=1S/C14H10F2N2O/c1-19-10-3-4-11(15)14(7-10)18-13-5-2-9(8-17)6-12(13)16/h2-7,18H,1H3. The van der Waals surface area contributed by atoms with Gasteiger partial charge < -0.3 is 10.1 Å². The van der Waals surface area contributed by atoms with Crippen molar-refractivity contribution in [1.82, 2.24) is 0 Å². The summed E-state index contributed by atoms with van der Waals surface area (Å²) in [6, 6.07) is 9.86. The van der Waals surface area contributed by atoms with E-state index in [1.54, 1.807) is 0 Å². The first-order valence-electron chi connectivity index (χ1n) is 5.44. The van der Waals surface area contributed by atoms with Crippen LogP contribution in [0.2, 0.25) is 0 Å². The number of nitrogens with one attached hydrogen (secondary N) is 1. The fraction of sp³-hybridized carbons (Fsp3) is 0.0714. The fourth-order valence-electron chi connectivity index (χ4n) is 1.56. The number of ether oxygens (including phenoxy) is 1. The number of benzene rings is 2. The van der Waals surface area contributed by atoms with E-state index in [1.807, 2.05) is 6.07 Å². The van der Waals surface area contributed by atoms with Crippen molar-refractivity contribution < 1.29 is 13.5 Å². The molecule has 2 aromatic carbocycles. The summed E-state index contributed by atoms with van der Waals surface area (Å²) in [6.45, 7) is 0. The molecule has 0 heterocycles. The predicted molar refractivity (Wildman–Crippen MR) is 67.3 cm³/mol. The van der Waals surface area contributed by atoms with Gasteiger partial charge in [-0.05, 0) is 30.3 Å². The third-order valence-corrected chi connectivity index (χ3v) is 2.54. The number of rotatable bonds is 3. The smallest absolute Gasteiger partial charge is 0.147 e. The molecule has 0 aromatic heterocycles. The van der Waals surface area contributed by atoms with Gasteiger partial charge in [0.1, 0.15) is 17.4 Å². The van der Waals surface area contributed by atoms with E-state index < -0.39 is 11.6 Å². The van der Waals surface area contributed by atoms with E-state index in [0.717, 1.165) is 6.07 Å². The molecule has 0 unspecified atom stereocenters. The molecular formula is C14H10F2N2O. The van der Waals surface area contributed by atoms with Crippen molar-refractivity contribution in [3.63, 3.8) is 0 Å². The second-order valence-electron chi connectivity index (χ2n) is 3.78. The molecule has 2 aromatic rings. The molecule has 1 N–H and O–H groups in total. The zero-order chi connectivity index (χ0) is 13.8. The Morgan fingerprint density at radius 2 is 1.84 bits per heavy atom. The van der Waals surface area contributed by atoms with Crippen molar-refractivity contribution in [2.24, 2.45) is 0 Å². The Bertz CT molecular complexity index is 650. The average Bonchev–Trinajstić information content (AvgIpc) is 2.43. The maximum Gasteiger partial charge on any atom is 0.147 e. The third kappa shape index (κ3) is 2.80. The molecule has 0 aliphatic rings. The first-order valence-corrected chi connectivity index (χ1v) is 5.44. The highest BCUT2D eigenvalue weighted by Crippen LogP contribution is 2.26. The van der Waals surface area contributed by atoms with Crippen LogP contribution in [0.25, 0.3) is 0 Å². The van der Waals surface area contributed by atoms with Gasteiger partial charge in [0.05, 0.1) is 30.1 Å². The third-order valence-electron chi connectivity index (χ3n) is 2.54. The van der Waals surface area contributed by atoms with Crippen LogP contribution in [0.1, 0.15) is 5.56 Å². The Labute approximate surface area is 109 Å². The Kier molecular flexibility index (Phi) is 3.62. The molecule has 0 radical (unpaired) electrons. The van der Waals surface area contributed by atoms with E-state index in [1.165, 1.54) is 37.4 Å². The molecule has 19 heavy (non-hydrogen) atoms. The topological polar surface area (TPSA) is 45.0 Å². The Hall–Kier alpha value is -2.61. The van der Waals surface area contributed by atoms with Crippen molar-refractivity contribution in [1.29, 1.82) is 5.26 Å². The van der Waals surface area contributed by atoms with Crippen LogP contribution in [0.15, 0.2) is 36.4 Å². The first kappa shape index (κ1) is 12.8. The summed E-state index contributed by atoms with van der Waals surface area (Å²) < 4.78 is 32.2. The van der Waals surface area contributed by atoms with Gasteiger partial charge >= 0.3 is 0 Å². The summed E-state index contributed by atoms with van der Waals surface area (Å²) in [7, 11) is 1.46. The largest absolute Gasteiger partial charge is 0.497 e. The maximum absolute atomic E-state index is 13.7. The molecule has 0 aliphatic carbocycles. The normalized spacial score (nSPS) is 9.79. The lowest BCUT2D eigenvalue weighted by atomic mass is 10.2. The summed E-state index contributed by atoms with van der Waals surface area (Å²) in [5, 5.41) is 11.3. The molecule has 0 aliphatic heterocycles. The van der Waals surface area contributed by atoms with E-state index in [0.29, 0.717) is 5.75 Å². The van der Waals surface area contributed by atoms with Gasteiger partial charge in [-0.2, -0.15) is 5.26 Å². The Balaban J connectivity index is 2.33. The summed E-state index contributed by atoms with van der Waals surface area (Å²) in [4.78, 5) is 0. The van der Waals surface area contributed by atoms with Gasteiger partial charge in [0.15, 0.2) is 0 Å². The molecular weight excluding hydrogens is 250 g/mol. The Morgan fingerprint density at radius 1 is 1.05 bits per heavy atom. The maximum atomic E-state index is 13.7. The number of hydrogen-bond acceptors (Lipinski definition) is 3. The van der Waals surface area contributed by atoms with E-state index in [9.17, 15) is 8.78 Å². The highest BCUT2D eigenvalue weighted by atomic mass is 19.1. The van der Waals surface area contributed by atoms with Gasteiger partial charge in [-0.25, -0.2) is 8.78 Å². The molecule has 0 amide bonds. The summed E-state index contributed by atoms with van der Waals surface area (Å²) >= 11 is 0. The number of nitrogens with zero attached hydrogens (tertiary/aromatic N) is 1. The SMILES string of the molecule is COc1ccc(F)c(Nc2ccc(C#N)cc2F)c1. The molecule has 0 saturated carbocycles. The molecule has 96 valence electrons. The van der Waals surface area contributed by atoms with Crippen molar-refractivity contribution in [3.05, 3.63) is 53.6 Å². The number of nitriles is 1.